The molecule has 1 heterocycles. The number of hydrogen-bond donors (Lipinski definition) is 1. The van der Waals surface area contributed by atoms with Crippen LogP contribution in [0, 0.1) is 6.92 Å². The molecular weight excluding hydrogens is 216 g/mol. The summed E-state index contributed by atoms with van der Waals surface area (Å²) in [6, 6.07) is 2.66. The van der Waals surface area contributed by atoms with E-state index in [1.807, 2.05) is 6.92 Å². The largest absolute Gasteiger partial charge is 0.392 e. The second-order valence-electron chi connectivity index (χ2n) is 4.53. The van der Waals surface area contributed by atoms with Crippen LogP contribution in [0.3, 0.4) is 0 Å². The summed E-state index contributed by atoms with van der Waals surface area (Å²) in [6.07, 6.45) is 4.23. The summed E-state index contributed by atoms with van der Waals surface area (Å²) in [5.74, 6) is 0. The van der Waals surface area contributed by atoms with Crippen LogP contribution >= 0.6 is 0 Å². The highest BCUT2D eigenvalue weighted by Gasteiger charge is 2.30. The number of aryl methyl sites for hydroxylation is 1. The van der Waals surface area contributed by atoms with Crippen LogP contribution in [-0.4, -0.2) is 36.4 Å². The summed E-state index contributed by atoms with van der Waals surface area (Å²) >= 11 is 0. The van der Waals surface area contributed by atoms with E-state index in [0.717, 1.165) is 23.5 Å². The maximum absolute atomic E-state index is 9.39. The predicted octanol–water partition coefficient (Wildman–Crippen LogP) is 1.50. The number of rotatable bonds is 6. The highest BCUT2D eigenvalue weighted by Crippen LogP contribution is 2.33. The van der Waals surface area contributed by atoms with Gasteiger partial charge < -0.3 is 14.7 Å². The molecule has 2 rings (SSSR count). The van der Waals surface area contributed by atoms with Gasteiger partial charge in [-0.3, -0.25) is 4.98 Å². The first-order chi connectivity index (χ1) is 8.26. The summed E-state index contributed by atoms with van der Waals surface area (Å²) in [4.78, 5) is 6.57. The van der Waals surface area contributed by atoms with Crippen LogP contribution in [0.2, 0.25) is 0 Å². The van der Waals surface area contributed by atoms with Gasteiger partial charge >= 0.3 is 0 Å². The number of methoxy groups -OCH3 is 1. The minimum Gasteiger partial charge on any atom is -0.392 e. The van der Waals surface area contributed by atoms with Crippen molar-refractivity contribution in [3.8, 4) is 0 Å². The van der Waals surface area contributed by atoms with Crippen LogP contribution < -0.4 is 4.90 Å². The van der Waals surface area contributed by atoms with Gasteiger partial charge in [0, 0.05) is 42.8 Å². The average Bonchev–Trinajstić information content (AvgIpc) is 3.14. The van der Waals surface area contributed by atoms with Crippen LogP contribution in [0.4, 0.5) is 5.69 Å². The van der Waals surface area contributed by atoms with Crippen molar-refractivity contribution in [1.82, 2.24) is 4.98 Å². The van der Waals surface area contributed by atoms with Crippen molar-refractivity contribution in [2.75, 3.05) is 25.2 Å². The smallest absolute Gasteiger partial charge is 0.0717 e. The highest BCUT2D eigenvalue weighted by atomic mass is 16.5. The highest BCUT2D eigenvalue weighted by molar-refractivity contribution is 5.55. The number of ether oxygens (including phenoxy) is 1. The third-order valence-corrected chi connectivity index (χ3v) is 3.10. The van der Waals surface area contributed by atoms with Crippen molar-refractivity contribution in [3.05, 3.63) is 23.5 Å². The van der Waals surface area contributed by atoms with E-state index in [1.165, 1.54) is 12.8 Å². The zero-order valence-corrected chi connectivity index (χ0v) is 10.5. The quantitative estimate of drug-likeness (QED) is 0.813. The van der Waals surface area contributed by atoms with Gasteiger partial charge in [-0.05, 0) is 25.8 Å². The molecule has 0 atom stereocenters. The number of aromatic nitrogens is 1. The van der Waals surface area contributed by atoms with Gasteiger partial charge in [-0.1, -0.05) is 0 Å². The summed E-state index contributed by atoms with van der Waals surface area (Å²) in [5, 5.41) is 9.39. The van der Waals surface area contributed by atoms with Gasteiger partial charge in [0.1, 0.15) is 0 Å². The van der Waals surface area contributed by atoms with E-state index in [-0.39, 0.29) is 6.61 Å². The molecule has 0 aromatic carbocycles. The lowest BCUT2D eigenvalue weighted by Gasteiger charge is -2.26. The minimum atomic E-state index is 0.0405. The number of nitrogens with zero attached hydrogens (tertiary/aromatic N) is 2. The Hall–Kier alpha value is -1.13. The molecule has 0 amide bonds. The Bertz CT molecular complexity index is 378. The molecule has 4 heteroatoms. The maximum atomic E-state index is 9.39. The van der Waals surface area contributed by atoms with E-state index in [4.69, 9.17) is 4.74 Å². The predicted molar refractivity (Wildman–Crippen MR) is 67.1 cm³/mol. The van der Waals surface area contributed by atoms with Crippen LogP contribution in [0.25, 0.3) is 0 Å². The van der Waals surface area contributed by atoms with E-state index >= 15 is 0 Å². The molecule has 0 aliphatic heterocycles. The summed E-state index contributed by atoms with van der Waals surface area (Å²) < 4.78 is 5.16. The van der Waals surface area contributed by atoms with Crippen molar-refractivity contribution >= 4 is 5.69 Å². The van der Waals surface area contributed by atoms with Crippen LogP contribution in [0.1, 0.15) is 24.1 Å². The monoisotopic (exact) mass is 236 g/mol. The van der Waals surface area contributed by atoms with Gasteiger partial charge in [0.05, 0.1) is 13.2 Å². The Morgan fingerprint density at radius 2 is 2.29 bits per heavy atom. The maximum Gasteiger partial charge on any atom is 0.0717 e. The van der Waals surface area contributed by atoms with Crippen molar-refractivity contribution in [2.24, 2.45) is 0 Å². The number of anilines is 1. The normalized spacial score (nSPS) is 15.0. The molecule has 1 aliphatic carbocycles. The molecule has 0 spiro atoms. The van der Waals surface area contributed by atoms with Gasteiger partial charge in [0.15, 0.2) is 0 Å². The lowest BCUT2D eigenvalue weighted by molar-refractivity contribution is 0.204. The topological polar surface area (TPSA) is 45.6 Å². The molecule has 4 nitrogen and oxygen atoms in total. The molecule has 1 aliphatic rings. The van der Waals surface area contributed by atoms with Gasteiger partial charge in [0.2, 0.25) is 0 Å². The molecule has 0 bridgehead atoms. The molecule has 0 unspecified atom stereocenters. The molecule has 1 N–H and O–H groups in total. The number of aliphatic hydroxyl groups is 1. The lowest BCUT2D eigenvalue weighted by Crippen LogP contribution is -2.30. The first-order valence-corrected chi connectivity index (χ1v) is 6.08. The van der Waals surface area contributed by atoms with E-state index in [0.29, 0.717) is 12.6 Å². The SMILES string of the molecule is COCCN(c1cc(C)ncc1CO)C1CC1. The van der Waals surface area contributed by atoms with Gasteiger partial charge in [-0.15, -0.1) is 0 Å². The first kappa shape index (κ1) is 12.3. The van der Waals surface area contributed by atoms with Gasteiger partial charge in [-0.2, -0.15) is 0 Å². The molecule has 1 saturated carbocycles. The van der Waals surface area contributed by atoms with Crippen LogP contribution in [0.15, 0.2) is 12.3 Å². The van der Waals surface area contributed by atoms with Crippen molar-refractivity contribution in [1.29, 1.82) is 0 Å². The molecule has 1 aromatic heterocycles. The lowest BCUT2D eigenvalue weighted by atomic mass is 10.2. The van der Waals surface area contributed by atoms with E-state index in [2.05, 4.69) is 16.0 Å². The number of aliphatic hydroxyl groups excluding tert-OH is 1. The zero-order valence-electron chi connectivity index (χ0n) is 10.5. The number of hydrogen-bond acceptors (Lipinski definition) is 4. The standard InChI is InChI=1S/C13H20N2O2/c1-10-7-13(11(9-16)8-14-10)15(5-6-17-2)12-3-4-12/h7-8,12,16H,3-6,9H2,1-2H3. The van der Waals surface area contributed by atoms with Gasteiger partial charge in [0.25, 0.3) is 0 Å². The Labute approximate surface area is 102 Å². The fourth-order valence-electron chi connectivity index (χ4n) is 2.04. The Morgan fingerprint density at radius 3 is 2.88 bits per heavy atom. The van der Waals surface area contributed by atoms with E-state index < -0.39 is 0 Å². The fourth-order valence-corrected chi connectivity index (χ4v) is 2.04. The van der Waals surface area contributed by atoms with Crippen LogP contribution in [0.5, 0.6) is 0 Å². The molecule has 1 aromatic rings. The Kier molecular flexibility index (Phi) is 3.97. The average molecular weight is 236 g/mol. The van der Waals surface area contributed by atoms with Crippen molar-refractivity contribution in [3.63, 3.8) is 0 Å². The molecule has 1 fully saturated rings. The zero-order chi connectivity index (χ0) is 12.3. The van der Waals surface area contributed by atoms with Crippen molar-refractivity contribution in [2.45, 2.75) is 32.4 Å². The second-order valence-corrected chi connectivity index (χ2v) is 4.53. The van der Waals surface area contributed by atoms with E-state index in [1.54, 1.807) is 13.3 Å². The third-order valence-electron chi connectivity index (χ3n) is 3.10. The molecule has 0 radical (unpaired) electrons. The molecule has 0 saturated heterocycles. The van der Waals surface area contributed by atoms with Crippen LogP contribution in [-0.2, 0) is 11.3 Å². The Morgan fingerprint density at radius 1 is 1.53 bits per heavy atom. The minimum absolute atomic E-state index is 0.0405. The number of pyridine rings is 1. The Balaban J connectivity index is 2.23. The molecule has 94 valence electrons. The van der Waals surface area contributed by atoms with Crippen molar-refractivity contribution < 1.29 is 9.84 Å². The molecule has 17 heavy (non-hydrogen) atoms. The summed E-state index contributed by atoms with van der Waals surface area (Å²) in [6.45, 7) is 3.60. The first-order valence-electron chi connectivity index (χ1n) is 6.08. The second kappa shape index (κ2) is 5.47. The third kappa shape index (κ3) is 2.96. The summed E-state index contributed by atoms with van der Waals surface area (Å²) in [5.41, 5.74) is 3.00. The van der Waals surface area contributed by atoms with Gasteiger partial charge in [-0.25, -0.2) is 0 Å². The summed E-state index contributed by atoms with van der Waals surface area (Å²) in [7, 11) is 1.72. The fraction of sp³-hybridized carbons (Fsp3) is 0.615. The van der Waals surface area contributed by atoms with E-state index in [9.17, 15) is 5.11 Å². The molecular formula is C13H20N2O2.